The fourth-order valence-electron chi connectivity index (χ4n) is 2.34. The lowest BCUT2D eigenvalue weighted by molar-refractivity contribution is -0.121. The molecule has 0 radical (unpaired) electrons. The topological polar surface area (TPSA) is 76.7 Å². The lowest BCUT2D eigenvalue weighted by Gasteiger charge is -2.12. The highest BCUT2D eigenvalue weighted by atomic mass is 16.5. The minimum atomic E-state index is -0.314. The highest BCUT2D eigenvalue weighted by molar-refractivity contribution is 6.03. The van der Waals surface area contributed by atoms with Crippen LogP contribution >= 0.6 is 0 Å². The first-order valence-electron chi connectivity index (χ1n) is 8.48. The van der Waals surface area contributed by atoms with Gasteiger partial charge >= 0.3 is 0 Å². The molecular weight excluding hydrogens is 332 g/mol. The summed E-state index contributed by atoms with van der Waals surface area (Å²) in [7, 11) is 1.57. The molecule has 138 valence electrons. The number of hydrogen-bond donors (Lipinski definition) is 2. The number of amides is 2. The molecule has 0 aliphatic carbocycles. The van der Waals surface area contributed by atoms with Crippen LogP contribution in [0.4, 0.5) is 5.69 Å². The van der Waals surface area contributed by atoms with Gasteiger partial charge in [-0.15, -0.1) is 0 Å². The Labute approximate surface area is 153 Å². The number of methoxy groups -OCH3 is 1. The van der Waals surface area contributed by atoms with E-state index in [9.17, 15) is 9.59 Å². The normalized spacial score (nSPS) is 10.3. The molecule has 0 fully saturated rings. The van der Waals surface area contributed by atoms with Crippen molar-refractivity contribution >= 4 is 17.5 Å². The van der Waals surface area contributed by atoms with Gasteiger partial charge in [0.15, 0.2) is 0 Å². The summed E-state index contributed by atoms with van der Waals surface area (Å²) in [6.45, 7) is 1.19. The van der Waals surface area contributed by atoms with Crippen molar-refractivity contribution in [3.8, 4) is 0 Å². The third-order valence-corrected chi connectivity index (χ3v) is 3.65. The summed E-state index contributed by atoms with van der Waals surface area (Å²) >= 11 is 0. The third kappa shape index (κ3) is 6.66. The number of anilines is 1. The molecule has 0 aromatic heterocycles. The van der Waals surface area contributed by atoms with Crippen molar-refractivity contribution in [2.75, 3.05) is 38.8 Å². The van der Waals surface area contributed by atoms with E-state index in [1.54, 1.807) is 31.4 Å². The van der Waals surface area contributed by atoms with Gasteiger partial charge in [0.25, 0.3) is 5.91 Å². The molecule has 6 nitrogen and oxygen atoms in total. The number of hydrogen-bond acceptors (Lipinski definition) is 4. The Morgan fingerprint density at radius 1 is 0.962 bits per heavy atom. The van der Waals surface area contributed by atoms with Crippen LogP contribution in [0.15, 0.2) is 54.6 Å². The summed E-state index contributed by atoms with van der Waals surface area (Å²) in [6.07, 6.45) is 0.744. The zero-order valence-electron chi connectivity index (χ0n) is 14.9. The largest absolute Gasteiger partial charge is 0.382 e. The summed E-state index contributed by atoms with van der Waals surface area (Å²) in [6, 6.07) is 16.8. The molecule has 2 amide bonds. The summed E-state index contributed by atoms with van der Waals surface area (Å²) in [5.41, 5.74) is 2.04. The standard InChI is InChI=1S/C20H24N2O4/c1-25-13-14-26-15-19(23)22-18-10-6-5-9-17(18)20(24)21-12-11-16-7-3-2-4-8-16/h2-10H,11-15H2,1H3,(H,21,24)(H,22,23). The first-order chi connectivity index (χ1) is 12.7. The maximum Gasteiger partial charge on any atom is 0.253 e. The minimum Gasteiger partial charge on any atom is -0.382 e. The van der Waals surface area contributed by atoms with Gasteiger partial charge in [0.1, 0.15) is 6.61 Å². The fourth-order valence-corrected chi connectivity index (χ4v) is 2.34. The number of nitrogens with one attached hydrogen (secondary N) is 2. The Bertz CT molecular complexity index is 704. The average Bonchev–Trinajstić information content (AvgIpc) is 2.66. The monoisotopic (exact) mass is 356 g/mol. The van der Waals surface area contributed by atoms with E-state index in [4.69, 9.17) is 9.47 Å². The van der Waals surface area contributed by atoms with Gasteiger partial charge in [0, 0.05) is 13.7 Å². The molecule has 0 saturated carbocycles. The van der Waals surface area contributed by atoms with Crippen molar-refractivity contribution in [1.29, 1.82) is 0 Å². The van der Waals surface area contributed by atoms with Crippen LogP contribution < -0.4 is 10.6 Å². The van der Waals surface area contributed by atoms with Gasteiger partial charge in [-0.2, -0.15) is 0 Å². The molecule has 0 saturated heterocycles. The van der Waals surface area contributed by atoms with E-state index in [2.05, 4.69) is 10.6 Å². The van der Waals surface area contributed by atoms with E-state index in [0.717, 1.165) is 12.0 Å². The Hall–Kier alpha value is -2.70. The van der Waals surface area contributed by atoms with E-state index in [1.165, 1.54) is 0 Å². The quantitative estimate of drug-likeness (QED) is 0.640. The smallest absolute Gasteiger partial charge is 0.253 e. The molecule has 0 heterocycles. The Morgan fingerprint density at radius 2 is 1.69 bits per heavy atom. The number of carbonyl (C=O) groups is 2. The highest BCUT2D eigenvalue weighted by Crippen LogP contribution is 2.15. The molecule has 2 aromatic rings. The number of benzene rings is 2. The van der Waals surface area contributed by atoms with E-state index in [1.807, 2.05) is 30.3 Å². The third-order valence-electron chi connectivity index (χ3n) is 3.65. The van der Waals surface area contributed by atoms with Crippen molar-refractivity contribution in [3.63, 3.8) is 0 Å². The Kier molecular flexibility index (Phi) is 8.32. The predicted molar refractivity (Wildman–Crippen MR) is 100 cm³/mol. The van der Waals surface area contributed by atoms with E-state index in [-0.39, 0.29) is 18.4 Å². The molecule has 2 aromatic carbocycles. The molecule has 0 bridgehead atoms. The summed E-state index contributed by atoms with van der Waals surface area (Å²) in [5, 5.41) is 5.59. The maximum atomic E-state index is 12.4. The maximum absolute atomic E-state index is 12.4. The van der Waals surface area contributed by atoms with Crippen LogP contribution in [0.25, 0.3) is 0 Å². The Morgan fingerprint density at radius 3 is 2.46 bits per heavy atom. The molecule has 0 unspecified atom stereocenters. The Balaban J connectivity index is 1.86. The van der Waals surface area contributed by atoms with Gasteiger partial charge < -0.3 is 20.1 Å². The summed E-state index contributed by atoms with van der Waals surface area (Å²) < 4.78 is 10.0. The van der Waals surface area contributed by atoms with Crippen LogP contribution in [0.1, 0.15) is 15.9 Å². The lowest BCUT2D eigenvalue weighted by Crippen LogP contribution is -2.28. The molecular formula is C20H24N2O4. The second kappa shape index (κ2) is 11.0. The molecule has 26 heavy (non-hydrogen) atoms. The first kappa shape index (κ1) is 19.6. The lowest BCUT2D eigenvalue weighted by atomic mass is 10.1. The van der Waals surface area contributed by atoms with Crippen LogP contribution in [0.5, 0.6) is 0 Å². The van der Waals surface area contributed by atoms with Crippen LogP contribution in [0.3, 0.4) is 0 Å². The molecule has 2 N–H and O–H groups in total. The van der Waals surface area contributed by atoms with E-state index in [0.29, 0.717) is 31.0 Å². The SMILES string of the molecule is COCCOCC(=O)Nc1ccccc1C(=O)NCCc1ccccc1. The molecule has 0 aliphatic rings. The molecule has 0 spiro atoms. The predicted octanol–water partition coefficient (Wildman–Crippen LogP) is 2.26. The molecule has 2 rings (SSSR count). The minimum absolute atomic E-state index is 0.0900. The summed E-state index contributed by atoms with van der Waals surface area (Å²) in [5.74, 6) is -0.539. The highest BCUT2D eigenvalue weighted by Gasteiger charge is 2.12. The first-order valence-corrected chi connectivity index (χ1v) is 8.48. The van der Waals surface area contributed by atoms with Gasteiger partial charge in [0.05, 0.1) is 24.5 Å². The molecule has 0 aliphatic heterocycles. The van der Waals surface area contributed by atoms with Crippen molar-refractivity contribution in [2.24, 2.45) is 0 Å². The van der Waals surface area contributed by atoms with Crippen LogP contribution in [0.2, 0.25) is 0 Å². The van der Waals surface area contributed by atoms with Gasteiger partial charge in [-0.05, 0) is 24.1 Å². The van der Waals surface area contributed by atoms with Gasteiger partial charge in [0.2, 0.25) is 5.91 Å². The second-order valence-corrected chi connectivity index (χ2v) is 5.63. The van der Waals surface area contributed by atoms with Crippen molar-refractivity contribution < 1.29 is 19.1 Å². The fraction of sp³-hybridized carbons (Fsp3) is 0.300. The van der Waals surface area contributed by atoms with Gasteiger partial charge in [-0.25, -0.2) is 0 Å². The second-order valence-electron chi connectivity index (χ2n) is 5.63. The number of para-hydroxylation sites is 1. The van der Waals surface area contributed by atoms with Crippen LogP contribution in [-0.4, -0.2) is 45.3 Å². The molecule has 6 heteroatoms. The van der Waals surface area contributed by atoms with Gasteiger partial charge in [-0.1, -0.05) is 42.5 Å². The zero-order valence-corrected chi connectivity index (χ0v) is 14.9. The summed E-state index contributed by atoms with van der Waals surface area (Å²) in [4.78, 5) is 24.4. The number of carbonyl (C=O) groups excluding carboxylic acids is 2. The average molecular weight is 356 g/mol. The van der Waals surface area contributed by atoms with E-state index < -0.39 is 0 Å². The van der Waals surface area contributed by atoms with E-state index >= 15 is 0 Å². The number of rotatable bonds is 10. The van der Waals surface area contributed by atoms with Crippen LogP contribution in [0, 0.1) is 0 Å². The van der Waals surface area contributed by atoms with Crippen LogP contribution in [-0.2, 0) is 20.7 Å². The van der Waals surface area contributed by atoms with Crippen molar-refractivity contribution in [3.05, 3.63) is 65.7 Å². The van der Waals surface area contributed by atoms with Gasteiger partial charge in [-0.3, -0.25) is 9.59 Å². The molecule has 0 atom stereocenters. The van der Waals surface area contributed by atoms with Crippen molar-refractivity contribution in [2.45, 2.75) is 6.42 Å². The number of ether oxygens (including phenoxy) is 2. The van der Waals surface area contributed by atoms with Crippen molar-refractivity contribution in [1.82, 2.24) is 5.32 Å². The zero-order chi connectivity index (χ0) is 18.6.